The lowest BCUT2D eigenvalue weighted by Crippen LogP contribution is -2.55. The van der Waals surface area contributed by atoms with Crippen LogP contribution in [0.4, 0.5) is 0 Å². The van der Waals surface area contributed by atoms with Crippen LogP contribution in [-0.4, -0.2) is 68.3 Å². The van der Waals surface area contributed by atoms with Gasteiger partial charge >= 0.3 is 20.9 Å². The van der Waals surface area contributed by atoms with E-state index < -0.39 is 20.9 Å². The highest BCUT2D eigenvalue weighted by Gasteiger charge is 2.49. The van der Waals surface area contributed by atoms with Crippen LogP contribution < -0.4 is 0 Å². The highest BCUT2D eigenvalue weighted by molar-refractivity contribution is 7.80. The van der Waals surface area contributed by atoms with Gasteiger partial charge in [0.15, 0.2) is 0 Å². The zero-order valence-electron chi connectivity index (χ0n) is 16.4. The normalized spacial score (nSPS) is 14.1. The number of carbonyl (C=O) groups excluding carboxylic acids is 1. The summed E-state index contributed by atoms with van der Waals surface area (Å²) in [5.41, 5.74) is 0.377. The molecule has 0 aromatic carbocycles. The number of thiol groups is 1. The third-order valence-electron chi connectivity index (χ3n) is 3.42. The van der Waals surface area contributed by atoms with E-state index in [0.717, 1.165) is 6.42 Å². The van der Waals surface area contributed by atoms with E-state index in [4.69, 9.17) is 32.2 Å². The minimum Gasteiger partial charge on any atom is -0.462 e. The predicted molar refractivity (Wildman–Crippen MR) is 102 cm³/mol. The molecule has 1 atom stereocenters. The summed E-state index contributed by atoms with van der Waals surface area (Å²) in [6, 6.07) is 0.523. The van der Waals surface area contributed by atoms with E-state index in [0.29, 0.717) is 43.4 Å². The van der Waals surface area contributed by atoms with E-state index in [1.165, 1.54) is 28.4 Å². The Kier molecular flexibility index (Phi) is 13.4. The van der Waals surface area contributed by atoms with Crippen molar-refractivity contribution in [3.8, 4) is 0 Å². The third-order valence-corrected chi connectivity index (χ3v) is 6.53. The van der Waals surface area contributed by atoms with Crippen molar-refractivity contribution < 1.29 is 37.0 Å². The number of hydrogen-bond donors (Lipinski definition) is 1. The molecule has 10 heteroatoms. The van der Waals surface area contributed by atoms with Gasteiger partial charge in [-0.15, -0.1) is 0 Å². The van der Waals surface area contributed by atoms with Gasteiger partial charge in [0.2, 0.25) is 0 Å². The molecule has 0 fully saturated rings. The monoisotopic (exact) mass is 412 g/mol. The number of hydrogen-bond acceptors (Lipinski definition) is 9. The fraction of sp³-hybridized carbons (Fsp3) is 0.812. The Balaban J connectivity index is 4.67. The molecule has 0 heterocycles. The number of rotatable bonds is 16. The lowest BCUT2D eigenvalue weighted by molar-refractivity contribution is -0.460. The summed E-state index contributed by atoms with van der Waals surface area (Å²) >= 11 is 4.23. The van der Waals surface area contributed by atoms with Crippen LogP contribution >= 0.6 is 12.6 Å². The van der Waals surface area contributed by atoms with E-state index in [1.807, 2.05) is 0 Å². The maximum Gasteiger partial charge on any atom is 0.506 e. The van der Waals surface area contributed by atoms with Crippen LogP contribution in [0.25, 0.3) is 0 Å². The molecule has 0 bridgehead atoms. The molecule has 0 amide bonds. The molecule has 0 aromatic rings. The first-order chi connectivity index (χ1) is 12.3. The van der Waals surface area contributed by atoms with Gasteiger partial charge in [-0.25, -0.2) is 4.79 Å². The number of esters is 1. The molecule has 0 saturated heterocycles. The smallest absolute Gasteiger partial charge is 0.462 e. The maximum absolute atomic E-state index is 11.3. The van der Waals surface area contributed by atoms with Crippen molar-refractivity contribution in [1.29, 1.82) is 0 Å². The molecule has 0 aliphatic rings. The standard InChI is InChI=1S/C16H32O8SSi/c1-14(2)15(17)22-10-7-8-11-23-26(21-6,13-9-12-25)24-16(18-3,19-4)20-5/h25H,1,7-13H2,2-6H3. The second-order valence-corrected chi connectivity index (χ2v) is 8.61. The fourth-order valence-electron chi connectivity index (χ4n) is 1.94. The van der Waals surface area contributed by atoms with Crippen molar-refractivity contribution in [2.45, 2.75) is 38.4 Å². The Labute approximate surface area is 162 Å². The molecule has 0 saturated carbocycles. The largest absolute Gasteiger partial charge is 0.506 e. The van der Waals surface area contributed by atoms with Gasteiger partial charge in [0.05, 0.1) is 6.61 Å². The van der Waals surface area contributed by atoms with Crippen molar-refractivity contribution in [3.05, 3.63) is 12.2 Å². The SMILES string of the molecule is C=C(C)C(=O)OCCCCO[Si](CCCS)(OC)OC(OC)(OC)OC. The van der Waals surface area contributed by atoms with Crippen molar-refractivity contribution >= 4 is 27.4 Å². The lowest BCUT2D eigenvalue weighted by atomic mass is 10.3. The number of methoxy groups -OCH3 is 3. The second-order valence-electron chi connectivity index (χ2n) is 5.40. The van der Waals surface area contributed by atoms with Crippen LogP contribution in [0.5, 0.6) is 0 Å². The van der Waals surface area contributed by atoms with E-state index >= 15 is 0 Å². The van der Waals surface area contributed by atoms with Crippen LogP contribution in [0.15, 0.2) is 12.2 Å². The second kappa shape index (κ2) is 13.7. The van der Waals surface area contributed by atoms with Crippen molar-refractivity contribution in [2.75, 3.05) is 47.4 Å². The van der Waals surface area contributed by atoms with Crippen LogP contribution in [0, 0.1) is 0 Å². The van der Waals surface area contributed by atoms with Crippen molar-refractivity contribution in [2.24, 2.45) is 0 Å². The first-order valence-corrected chi connectivity index (χ1v) is 10.9. The van der Waals surface area contributed by atoms with Gasteiger partial charge in [0.25, 0.3) is 0 Å². The van der Waals surface area contributed by atoms with E-state index in [1.54, 1.807) is 6.92 Å². The Hall–Kier alpha value is -0.463. The summed E-state index contributed by atoms with van der Waals surface area (Å²) in [5, 5.41) is 0. The zero-order valence-corrected chi connectivity index (χ0v) is 18.3. The highest BCUT2D eigenvalue weighted by atomic mass is 32.1. The number of ether oxygens (including phenoxy) is 4. The molecule has 0 N–H and O–H groups in total. The molecule has 0 aromatic heterocycles. The van der Waals surface area contributed by atoms with E-state index in [-0.39, 0.29) is 0 Å². The highest BCUT2D eigenvalue weighted by Crippen LogP contribution is 2.27. The van der Waals surface area contributed by atoms with Crippen molar-refractivity contribution in [3.63, 3.8) is 0 Å². The average Bonchev–Trinajstić information content (AvgIpc) is 2.66. The van der Waals surface area contributed by atoms with Gasteiger partial charge < -0.3 is 27.8 Å². The molecule has 0 aliphatic heterocycles. The van der Waals surface area contributed by atoms with Gasteiger partial charge in [0, 0.05) is 46.7 Å². The van der Waals surface area contributed by atoms with Crippen LogP contribution in [-0.2, 0) is 37.0 Å². The quantitative estimate of drug-likeness (QED) is 0.103. The Morgan fingerprint density at radius 1 is 1.04 bits per heavy atom. The Bertz CT molecular complexity index is 411. The molecule has 0 spiro atoms. The molecular formula is C16H32O8SSi. The van der Waals surface area contributed by atoms with Gasteiger partial charge in [-0.05, 0) is 31.9 Å². The molecule has 0 aliphatic carbocycles. The topological polar surface area (TPSA) is 81.7 Å². The van der Waals surface area contributed by atoms with Crippen LogP contribution in [0.3, 0.4) is 0 Å². The van der Waals surface area contributed by atoms with E-state index in [9.17, 15) is 4.79 Å². The molecule has 26 heavy (non-hydrogen) atoms. The fourth-order valence-corrected chi connectivity index (χ4v) is 4.80. The summed E-state index contributed by atoms with van der Waals surface area (Å²) in [6.45, 7) is 5.80. The summed E-state index contributed by atoms with van der Waals surface area (Å²) in [5.74, 6) is 0.260. The maximum atomic E-state index is 11.3. The number of carbonyl (C=O) groups is 1. The average molecular weight is 413 g/mol. The zero-order chi connectivity index (χ0) is 20.1. The molecule has 8 nitrogen and oxygen atoms in total. The first-order valence-electron chi connectivity index (χ1n) is 8.32. The summed E-state index contributed by atoms with van der Waals surface area (Å²) in [7, 11) is 2.58. The lowest BCUT2D eigenvalue weighted by Gasteiger charge is -2.36. The Morgan fingerprint density at radius 3 is 2.08 bits per heavy atom. The summed E-state index contributed by atoms with van der Waals surface area (Å²) < 4.78 is 38.1. The molecule has 1 unspecified atom stereocenters. The molecule has 0 radical (unpaired) electrons. The molecule has 154 valence electrons. The van der Waals surface area contributed by atoms with Crippen molar-refractivity contribution in [1.82, 2.24) is 0 Å². The Morgan fingerprint density at radius 2 is 1.62 bits per heavy atom. The number of unbranched alkanes of at least 4 members (excludes halogenated alkanes) is 1. The van der Waals surface area contributed by atoms with Crippen LogP contribution in [0.2, 0.25) is 6.04 Å². The molecule has 0 rings (SSSR count). The minimum absolute atomic E-state index is 0.298. The predicted octanol–water partition coefficient (Wildman–Crippen LogP) is 2.37. The third kappa shape index (κ3) is 8.96. The summed E-state index contributed by atoms with van der Waals surface area (Å²) in [6.07, 6.45) is 0.331. The van der Waals surface area contributed by atoms with Gasteiger partial charge in [0.1, 0.15) is 0 Å². The van der Waals surface area contributed by atoms with Gasteiger partial charge in [-0.3, -0.25) is 4.43 Å². The molecular weight excluding hydrogens is 380 g/mol. The minimum atomic E-state index is -3.13. The first kappa shape index (κ1) is 25.5. The van der Waals surface area contributed by atoms with E-state index in [2.05, 4.69) is 19.2 Å². The van der Waals surface area contributed by atoms with Gasteiger partial charge in [-0.1, -0.05) is 6.58 Å². The summed E-state index contributed by atoms with van der Waals surface area (Å²) in [4.78, 5) is 11.3. The van der Waals surface area contributed by atoms with Gasteiger partial charge in [-0.2, -0.15) is 12.6 Å². The van der Waals surface area contributed by atoms with Crippen LogP contribution in [0.1, 0.15) is 26.2 Å².